The molecular weight excluding hydrogens is 404 g/mol. The van der Waals surface area contributed by atoms with Crippen molar-refractivity contribution in [2.75, 3.05) is 6.61 Å². The first-order valence-electron chi connectivity index (χ1n) is 11.5. The average molecular weight is 433 g/mol. The van der Waals surface area contributed by atoms with E-state index < -0.39 is 0 Å². The molecule has 3 nitrogen and oxygen atoms in total. The summed E-state index contributed by atoms with van der Waals surface area (Å²) in [6, 6.07) is 35.9. The maximum absolute atomic E-state index is 6.03. The summed E-state index contributed by atoms with van der Waals surface area (Å²) in [5.74, 6) is 2.06. The van der Waals surface area contributed by atoms with Gasteiger partial charge in [-0.15, -0.1) is 0 Å². The van der Waals surface area contributed by atoms with Crippen molar-refractivity contribution < 1.29 is 4.74 Å². The van der Waals surface area contributed by atoms with E-state index in [1.807, 2.05) is 18.2 Å². The fourth-order valence-electron chi connectivity index (χ4n) is 4.26. The lowest BCUT2D eigenvalue weighted by Crippen LogP contribution is -2.09. The van der Waals surface area contributed by atoms with Crippen molar-refractivity contribution in [3.05, 3.63) is 120 Å². The van der Waals surface area contributed by atoms with Gasteiger partial charge in [0.25, 0.3) is 0 Å². The lowest BCUT2D eigenvalue weighted by atomic mass is 10.0. The number of rotatable bonds is 8. The van der Waals surface area contributed by atoms with Gasteiger partial charge in [-0.25, -0.2) is 4.98 Å². The van der Waals surface area contributed by atoms with Gasteiger partial charge >= 0.3 is 0 Å². The molecule has 0 fully saturated rings. The first kappa shape index (κ1) is 21.0. The SMILES string of the molecule is Cc1ccccc1OCCCn1c(Cc2ccc(-c3ccccc3)cc2)nc2ccccc21. The monoisotopic (exact) mass is 432 g/mol. The van der Waals surface area contributed by atoms with Gasteiger partial charge < -0.3 is 9.30 Å². The Bertz CT molecular complexity index is 1340. The van der Waals surface area contributed by atoms with Crippen molar-refractivity contribution in [2.24, 2.45) is 0 Å². The molecule has 0 unspecified atom stereocenters. The number of fused-ring (bicyclic) bond motifs is 1. The van der Waals surface area contributed by atoms with E-state index in [1.165, 1.54) is 27.8 Å². The minimum Gasteiger partial charge on any atom is -0.493 e. The van der Waals surface area contributed by atoms with Gasteiger partial charge in [-0.1, -0.05) is 84.9 Å². The van der Waals surface area contributed by atoms with Crippen LogP contribution in [-0.4, -0.2) is 16.2 Å². The molecule has 0 aliphatic heterocycles. The number of imidazole rings is 1. The molecule has 0 saturated carbocycles. The molecule has 5 aromatic rings. The fourth-order valence-corrected chi connectivity index (χ4v) is 4.26. The Labute approximate surface area is 195 Å². The topological polar surface area (TPSA) is 27.1 Å². The van der Waals surface area contributed by atoms with E-state index in [2.05, 4.69) is 96.4 Å². The Morgan fingerprint density at radius 2 is 1.42 bits per heavy atom. The maximum atomic E-state index is 6.03. The normalized spacial score (nSPS) is 11.1. The zero-order valence-corrected chi connectivity index (χ0v) is 18.9. The van der Waals surface area contributed by atoms with Crippen molar-refractivity contribution in [3.63, 3.8) is 0 Å². The van der Waals surface area contributed by atoms with E-state index in [9.17, 15) is 0 Å². The number of aromatic nitrogens is 2. The summed E-state index contributed by atoms with van der Waals surface area (Å²) in [5.41, 5.74) is 7.15. The van der Waals surface area contributed by atoms with Crippen LogP contribution in [0.15, 0.2) is 103 Å². The van der Waals surface area contributed by atoms with Crippen LogP contribution in [0.4, 0.5) is 0 Å². The van der Waals surface area contributed by atoms with Gasteiger partial charge in [0.1, 0.15) is 11.6 Å². The van der Waals surface area contributed by atoms with Crippen LogP contribution >= 0.6 is 0 Å². The molecular formula is C30H28N2O. The first-order valence-corrected chi connectivity index (χ1v) is 11.5. The van der Waals surface area contributed by atoms with Crippen LogP contribution in [0.5, 0.6) is 5.75 Å². The minimum absolute atomic E-state index is 0.683. The molecule has 1 aromatic heterocycles. The van der Waals surface area contributed by atoms with E-state index in [-0.39, 0.29) is 0 Å². The van der Waals surface area contributed by atoms with Crippen molar-refractivity contribution in [3.8, 4) is 16.9 Å². The summed E-state index contributed by atoms with van der Waals surface area (Å²) in [5, 5.41) is 0. The Kier molecular flexibility index (Phi) is 6.21. The fraction of sp³-hybridized carbons (Fsp3) is 0.167. The van der Waals surface area contributed by atoms with E-state index in [0.29, 0.717) is 6.61 Å². The smallest absolute Gasteiger partial charge is 0.122 e. The number of nitrogens with zero attached hydrogens (tertiary/aromatic N) is 2. The third-order valence-electron chi connectivity index (χ3n) is 6.03. The van der Waals surface area contributed by atoms with Gasteiger partial charge in [0.2, 0.25) is 0 Å². The summed E-state index contributed by atoms with van der Waals surface area (Å²) in [6.45, 7) is 3.65. The molecule has 0 aliphatic rings. The zero-order chi connectivity index (χ0) is 22.5. The zero-order valence-electron chi connectivity index (χ0n) is 18.9. The summed E-state index contributed by atoms with van der Waals surface area (Å²) in [7, 11) is 0. The Balaban J connectivity index is 1.32. The number of benzene rings is 4. The highest BCUT2D eigenvalue weighted by Gasteiger charge is 2.11. The summed E-state index contributed by atoms with van der Waals surface area (Å²) in [4.78, 5) is 4.96. The first-order chi connectivity index (χ1) is 16.3. The third-order valence-corrected chi connectivity index (χ3v) is 6.03. The lowest BCUT2D eigenvalue weighted by molar-refractivity contribution is 0.300. The van der Waals surface area contributed by atoms with Crippen LogP contribution < -0.4 is 4.74 Å². The molecule has 164 valence electrons. The Hall–Kier alpha value is -3.85. The molecule has 0 amide bonds. The molecule has 33 heavy (non-hydrogen) atoms. The minimum atomic E-state index is 0.683. The van der Waals surface area contributed by atoms with E-state index in [4.69, 9.17) is 9.72 Å². The molecule has 0 atom stereocenters. The van der Waals surface area contributed by atoms with Crippen molar-refractivity contribution >= 4 is 11.0 Å². The van der Waals surface area contributed by atoms with Crippen LogP contribution in [0.3, 0.4) is 0 Å². The molecule has 0 radical (unpaired) electrons. The molecule has 4 aromatic carbocycles. The highest BCUT2D eigenvalue weighted by molar-refractivity contribution is 5.76. The molecule has 3 heteroatoms. The predicted octanol–water partition coefficient (Wildman–Crippen LogP) is 7.07. The average Bonchev–Trinajstić information content (AvgIpc) is 3.21. The van der Waals surface area contributed by atoms with Crippen LogP contribution in [0.1, 0.15) is 23.4 Å². The maximum Gasteiger partial charge on any atom is 0.122 e. The number of hydrogen-bond acceptors (Lipinski definition) is 2. The second-order valence-electron chi connectivity index (χ2n) is 8.38. The van der Waals surface area contributed by atoms with Crippen molar-refractivity contribution in [2.45, 2.75) is 26.3 Å². The van der Waals surface area contributed by atoms with E-state index >= 15 is 0 Å². The molecule has 0 saturated heterocycles. The second kappa shape index (κ2) is 9.74. The van der Waals surface area contributed by atoms with E-state index in [1.54, 1.807) is 0 Å². The largest absolute Gasteiger partial charge is 0.493 e. The molecule has 0 N–H and O–H groups in total. The standard InChI is InChI=1S/C30H28N2O/c1-23-10-5-8-15-29(23)33-21-9-20-32-28-14-7-6-13-27(28)31-30(32)22-24-16-18-26(19-17-24)25-11-3-2-4-12-25/h2-8,10-19H,9,20-22H2,1H3. The number of aryl methyl sites for hydroxylation is 2. The summed E-state index contributed by atoms with van der Waals surface area (Å²) >= 11 is 0. The highest BCUT2D eigenvalue weighted by Crippen LogP contribution is 2.23. The van der Waals surface area contributed by atoms with Crippen molar-refractivity contribution in [1.29, 1.82) is 0 Å². The molecule has 0 spiro atoms. The highest BCUT2D eigenvalue weighted by atomic mass is 16.5. The quantitative estimate of drug-likeness (QED) is 0.245. The molecule has 5 rings (SSSR count). The van der Waals surface area contributed by atoms with Gasteiger partial charge in [0.15, 0.2) is 0 Å². The molecule has 0 aliphatic carbocycles. The lowest BCUT2D eigenvalue weighted by Gasteiger charge is -2.12. The molecule has 1 heterocycles. The Morgan fingerprint density at radius 3 is 2.24 bits per heavy atom. The second-order valence-corrected chi connectivity index (χ2v) is 8.38. The molecule has 0 bridgehead atoms. The van der Waals surface area contributed by atoms with Gasteiger partial charge in [-0.2, -0.15) is 0 Å². The number of para-hydroxylation sites is 3. The van der Waals surface area contributed by atoms with Crippen LogP contribution in [0.25, 0.3) is 22.2 Å². The number of hydrogen-bond donors (Lipinski definition) is 0. The van der Waals surface area contributed by atoms with E-state index in [0.717, 1.165) is 36.5 Å². The van der Waals surface area contributed by atoms with Crippen LogP contribution in [0, 0.1) is 6.92 Å². The van der Waals surface area contributed by atoms with Crippen molar-refractivity contribution in [1.82, 2.24) is 9.55 Å². The summed E-state index contributed by atoms with van der Waals surface area (Å²) in [6.07, 6.45) is 1.73. The van der Waals surface area contributed by atoms with Crippen LogP contribution in [-0.2, 0) is 13.0 Å². The van der Waals surface area contributed by atoms with Gasteiger partial charge in [0.05, 0.1) is 17.6 Å². The van der Waals surface area contributed by atoms with Crippen LogP contribution in [0.2, 0.25) is 0 Å². The summed E-state index contributed by atoms with van der Waals surface area (Å²) < 4.78 is 8.38. The van der Waals surface area contributed by atoms with Gasteiger partial charge in [0, 0.05) is 13.0 Å². The Morgan fingerprint density at radius 1 is 0.727 bits per heavy atom. The third kappa shape index (κ3) is 4.83. The van der Waals surface area contributed by atoms with Gasteiger partial charge in [-0.3, -0.25) is 0 Å². The number of ether oxygens (including phenoxy) is 1. The predicted molar refractivity (Wildman–Crippen MR) is 136 cm³/mol. The van der Waals surface area contributed by atoms with Gasteiger partial charge in [-0.05, 0) is 53.8 Å².